The van der Waals surface area contributed by atoms with Crippen molar-refractivity contribution in [2.24, 2.45) is 5.92 Å². The molecule has 7 nitrogen and oxygen atoms in total. The van der Waals surface area contributed by atoms with Crippen LogP contribution in [0.15, 0.2) is 12.4 Å². The van der Waals surface area contributed by atoms with Crippen LogP contribution in [-0.2, 0) is 11.3 Å². The number of carboxylic acids is 1. The molecule has 1 aromatic rings. The summed E-state index contributed by atoms with van der Waals surface area (Å²) in [6.07, 6.45) is 6.95. The molecule has 0 atom stereocenters. The largest absolute Gasteiger partial charge is 0.480 e. The molecule has 0 spiro atoms. The van der Waals surface area contributed by atoms with Gasteiger partial charge in [-0.3, -0.25) is 0 Å². The summed E-state index contributed by atoms with van der Waals surface area (Å²) < 4.78 is 0. The highest BCUT2D eigenvalue weighted by Crippen LogP contribution is 2.33. The topological polar surface area (TPSA) is 107 Å². The summed E-state index contributed by atoms with van der Waals surface area (Å²) in [5.41, 5.74) is -1.14. The first-order chi connectivity index (χ1) is 10.1. The van der Waals surface area contributed by atoms with E-state index in [2.05, 4.69) is 27.5 Å². The van der Waals surface area contributed by atoms with Gasteiger partial charge in [-0.15, -0.1) is 0 Å². The van der Waals surface area contributed by atoms with Crippen molar-refractivity contribution in [2.75, 3.05) is 0 Å². The number of carbonyl (C=O) groups excluding carboxylic acids is 1. The fourth-order valence-corrected chi connectivity index (χ4v) is 2.79. The number of carboxylic acid groups (broad SMARTS) is 1. The number of carbonyl (C=O) groups is 2. The van der Waals surface area contributed by atoms with Crippen molar-refractivity contribution in [3.63, 3.8) is 0 Å². The lowest BCUT2D eigenvalue weighted by molar-refractivity contribution is -0.146. The van der Waals surface area contributed by atoms with E-state index in [0.717, 1.165) is 19.3 Å². The maximum atomic E-state index is 11.9. The minimum Gasteiger partial charge on any atom is -0.480 e. The van der Waals surface area contributed by atoms with E-state index in [9.17, 15) is 14.7 Å². The molecule has 0 saturated heterocycles. The number of H-pyrrole nitrogens is 1. The lowest BCUT2D eigenvalue weighted by Gasteiger charge is -2.37. The number of rotatable bonds is 5. The van der Waals surface area contributed by atoms with Gasteiger partial charge in [0.1, 0.15) is 11.4 Å². The van der Waals surface area contributed by atoms with Crippen molar-refractivity contribution in [1.29, 1.82) is 0 Å². The fraction of sp³-hybridized carbons (Fsp3) is 0.643. The van der Waals surface area contributed by atoms with Crippen molar-refractivity contribution in [2.45, 2.75) is 51.1 Å². The lowest BCUT2D eigenvalue weighted by atomic mass is 9.75. The monoisotopic (exact) mass is 294 g/mol. The van der Waals surface area contributed by atoms with Crippen LogP contribution in [0.2, 0.25) is 0 Å². The van der Waals surface area contributed by atoms with Crippen LogP contribution in [0.25, 0.3) is 0 Å². The van der Waals surface area contributed by atoms with Crippen LogP contribution < -0.4 is 10.6 Å². The van der Waals surface area contributed by atoms with Crippen molar-refractivity contribution in [3.05, 3.63) is 18.2 Å². The second-order valence-corrected chi connectivity index (χ2v) is 5.58. The van der Waals surface area contributed by atoms with Gasteiger partial charge in [-0.05, 0) is 31.6 Å². The minimum absolute atomic E-state index is 0.242. The quantitative estimate of drug-likeness (QED) is 0.662. The molecule has 0 aromatic carbocycles. The maximum absolute atomic E-state index is 11.9. The molecule has 1 heterocycles. The van der Waals surface area contributed by atoms with Crippen LogP contribution in [-0.4, -0.2) is 32.6 Å². The highest BCUT2D eigenvalue weighted by molar-refractivity contribution is 5.86. The molecule has 1 aliphatic rings. The van der Waals surface area contributed by atoms with Crippen molar-refractivity contribution in [1.82, 2.24) is 20.6 Å². The predicted octanol–water partition coefficient (Wildman–Crippen LogP) is 1.63. The van der Waals surface area contributed by atoms with Gasteiger partial charge < -0.3 is 20.7 Å². The lowest BCUT2D eigenvalue weighted by Crippen LogP contribution is -2.58. The number of amides is 2. The van der Waals surface area contributed by atoms with Crippen LogP contribution in [0, 0.1) is 5.92 Å². The maximum Gasteiger partial charge on any atom is 0.329 e. The number of hydrogen-bond donors (Lipinski definition) is 4. The molecule has 1 saturated carbocycles. The third-order valence-electron chi connectivity index (χ3n) is 4.27. The Kier molecular flexibility index (Phi) is 4.82. The second kappa shape index (κ2) is 6.60. The third-order valence-corrected chi connectivity index (χ3v) is 4.27. The summed E-state index contributed by atoms with van der Waals surface area (Å²) in [4.78, 5) is 30.4. The zero-order chi connectivity index (χ0) is 15.3. The molecule has 4 N–H and O–H groups in total. The van der Waals surface area contributed by atoms with Gasteiger partial charge in [0.2, 0.25) is 0 Å². The Morgan fingerprint density at radius 3 is 2.71 bits per heavy atom. The van der Waals surface area contributed by atoms with E-state index in [-0.39, 0.29) is 6.54 Å². The minimum atomic E-state index is -1.14. The number of nitrogens with zero attached hydrogens (tertiary/aromatic N) is 1. The number of nitrogens with one attached hydrogen (secondary N) is 3. The van der Waals surface area contributed by atoms with E-state index in [4.69, 9.17) is 0 Å². The summed E-state index contributed by atoms with van der Waals surface area (Å²) in [7, 11) is 0. The van der Waals surface area contributed by atoms with Gasteiger partial charge in [-0.2, -0.15) is 0 Å². The van der Waals surface area contributed by atoms with Crippen molar-refractivity contribution >= 4 is 12.0 Å². The molecule has 21 heavy (non-hydrogen) atoms. The molecular weight excluding hydrogens is 272 g/mol. The summed E-state index contributed by atoms with van der Waals surface area (Å²) in [5.74, 6) is 0.236. The van der Waals surface area contributed by atoms with E-state index >= 15 is 0 Å². The number of aromatic nitrogens is 2. The number of aliphatic carboxylic acids is 1. The van der Waals surface area contributed by atoms with E-state index in [1.807, 2.05) is 0 Å². The molecule has 0 aliphatic heterocycles. The van der Waals surface area contributed by atoms with Crippen LogP contribution in [0.5, 0.6) is 0 Å². The normalized spacial score (nSPS) is 25.3. The second-order valence-electron chi connectivity index (χ2n) is 5.58. The standard InChI is InChI=1S/C14H22N4O3/c1-2-10-3-5-14(6-4-10,12(19)20)18-13(21)17-9-11-15-7-8-16-11/h7-8,10H,2-6,9H2,1H3,(H,15,16)(H,19,20)(H2,17,18,21). The van der Waals surface area contributed by atoms with Gasteiger partial charge in [0.25, 0.3) is 0 Å². The van der Waals surface area contributed by atoms with Gasteiger partial charge in [0, 0.05) is 12.4 Å². The Labute approximate surface area is 123 Å². The van der Waals surface area contributed by atoms with Crippen LogP contribution in [0.3, 0.4) is 0 Å². The van der Waals surface area contributed by atoms with Gasteiger partial charge in [-0.1, -0.05) is 13.3 Å². The first-order valence-electron chi connectivity index (χ1n) is 7.33. The van der Waals surface area contributed by atoms with Crippen molar-refractivity contribution < 1.29 is 14.7 Å². The molecule has 0 radical (unpaired) electrons. The Hall–Kier alpha value is -2.05. The Morgan fingerprint density at radius 2 is 2.19 bits per heavy atom. The van der Waals surface area contributed by atoms with E-state index in [0.29, 0.717) is 24.6 Å². The highest BCUT2D eigenvalue weighted by atomic mass is 16.4. The Balaban J connectivity index is 1.90. The molecule has 1 aromatic heterocycles. The number of urea groups is 1. The molecule has 116 valence electrons. The zero-order valence-electron chi connectivity index (χ0n) is 12.2. The highest BCUT2D eigenvalue weighted by Gasteiger charge is 2.42. The first-order valence-corrected chi connectivity index (χ1v) is 7.33. The molecule has 7 heteroatoms. The molecule has 2 amide bonds. The third kappa shape index (κ3) is 3.74. The average molecular weight is 294 g/mol. The fourth-order valence-electron chi connectivity index (χ4n) is 2.79. The molecule has 1 fully saturated rings. The van der Waals surface area contributed by atoms with Gasteiger partial charge in [0.05, 0.1) is 6.54 Å². The molecule has 0 bridgehead atoms. The smallest absolute Gasteiger partial charge is 0.329 e. The van der Waals surface area contributed by atoms with E-state index < -0.39 is 17.5 Å². The first kappa shape index (κ1) is 15.3. The van der Waals surface area contributed by atoms with E-state index in [1.54, 1.807) is 12.4 Å². The number of imidazole rings is 1. The van der Waals surface area contributed by atoms with Crippen molar-refractivity contribution in [3.8, 4) is 0 Å². The SMILES string of the molecule is CCC1CCC(NC(=O)NCc2ncc[nH]2)(C(=O)O)CC1. The zero-order valence-corrected chi connectivity index (χ0v) is 12.2. The summed E-state index contributed by atoms with van der Waals surface area (Å²) in [5, 5.41) is 14.8. The Morgan fingerprint density at radius 1 is 1.48 bits per heavy atom. The average Bonchev–Trinajstić information content (AvgIpc) is 2.99. The molecular formula is C14H22N4O3. The molecule has 1 aliphatic carbocycles. The molecule has 0 unspecified atom stereocenters. The van der Waals surface area contributed by atoms with E-state index in [1.165, 1.54) is 0 Å². The summed E-state index contributed by atoms with van der Waals surface area (Å²) in [6, 6.07) is -0.469. The molecule has 2 rings (SSSR count). The predicted molar refractivity (Wildman–Crippen MR) is 76.6 cm³/mol. The summed E-state index contributed by atoms with van der Waals surface area (Å²) >= 11 is 0. The van der Waals surface area contributed by atoms with Crippen LogP contribution in [0.1, 0.15) is 44.9 Å². The van der Waals surface area contributed by atoms with Gasteiger partial charge in [-0.25, -0.2) is 14.6 Å². The summed E-state index contributed by atoms with van der Waals surface area (Å²) in [6.45, 7) is 2.36. The Bertz CT molecular complexity index is 478. The van der Waals surface area contributed by atoms with Crippen LogP contribution in [0.4, 0.5) is 4.79 Å². The van der Waals surface area contributed by atoms with Gasteiger partial charge >= 0.3 is 12.0 Å². The van der Waals surface area contributed by atoms with Crippen LogP contribution >= 0.6 is 0 Å². The van der Waals surface area contributed by atoms with Gasteiger partial charge in [0.15, 0.2) is 0 Å². The number of aromatic amines is 1. The number of hydrogen-bond acceptors (Lipinski definition) is 3.